The topological polar surface area (TPSA) is 51.1 Å². The van der Waals surface area contributed by atoms with Gasteiger partial charge in [0.2, 0.25) is 5.91 Å². The van der Waals surface area contributed by atoms with Crippen molar-refractivity contribution in [1.82, 2.24) is 5.01 Å². The molecule has 1 heterocycles. The number of hydrazone groups is 1. The molecular formula is C18H24N2O3. The molecule has 1 unspecified atom stereocenters. The van der Waals surface area contributed by atoms with Crippen LogP contribution in [0.3, 0.4) is 0 Å². The molecule has 1 aromatic carbocycles. The summed E-state index contributed by atoms with van der Waals surface area (Å²) in [6, 6.07) is 5.91. The van der Waals surface area contributed by atoms with Crippen molar-refractivity contribution in [3.8, 4) is 11.5 Å². The standard InChI is InChI=1S/C18H24N2O3/c1-18(11-17(21)20(2)19-12-18)13-8-9-15(22-3)16(10-13)23-14-6-4-5-7-14/h8-10,12,14H,4-7,11H2,1-3H3. The number of nitrogens with zero attached hydrogens (tertiary/aromatic N) is 2. The molecule has 0 N–H and O–H groups in total. The number of methoxy groups -OCH3 is 1. The van der Waals surface area contributed by atoms with Gasteiger partial charge in [-0.3, -0.25) is 4.79 Å². The van der Waals surface area contributed by atoms with Gasteiger partial charge in [-0.2, -0.15) is 5.10 Å². The zero-order valence-corrected chi connectivity index (χ0v) is 14.0. The number of benzene rings is 1. The van der Waals surface area contributed by atoms with Gasteiger partial charge in [0.25, 0.3) is 0 Å². The lowest BCUT2D eigenvalue weighted by atomic mass is 9.79. The van der Waals surface area contributed by atoms with Crippen molar-refractivity contribution in [1.29, 1.82) is 0 Å². The molecule has 1 aliphatic carbocycles. The number of carbonyl (C=O) groups excluding carboxylic acids is 1. The van der Waals surface area contributed by atoms with Gasteiger partial charge in [0.15, 0.2) is 11.5 Å². The maximum atomic E-state index is 12.0. The molecule has 0 saturated heterocycles. The predicted octanol–water partition coefficient (Wildman–Crippen LogP) is 3.12. The lowest BCUT2D eigenvalue weighted by Crippen LogP contribution is -2.38. The average molecular weight is 316 g/mol. The number of hydrogen-bond donors (Lipinski definition) is 0. The van der Waals surface area contributed by atoms with Gasteiger partial charge in [0.1, 0.15) is 0 Å². The summed E-state index contributed by atoms with van der Waals surface area (Å²) in [5.41, 5.74) is 0.611. The number of rotatable bonds is 4. The van der Waals surface area contributed by atoms with Crippen molar-refractivity contribution in [2.75, 3.05) is 14.2 Å². The summed E-state index contributed by atoms with van der Waals surface area (Å²) in [7, 11) is 3.33. The van der Waals surface area contributed by atoms with Crippen LogP contribution in [0.2, 0.25) is 0 Å². The molecule has 23 heavy (non-hydrogen) atoms. The summed E-state index contributed by atoms with van der Waals surface area (Å²) in [6.07, 6.45) is 7.14. The van der Waals surface area contributed by atoms with E-state index in [9.17, 15) is 4.79 Å². The summed E-state index contributed by atoms with van der Waals surface area (Å²) in [5, 5.41) is 5.59. The van der Waals surface area contributed by atoms with Gasteiger partial charge in [-0.25, -0.2) is 5.01 Å². The second kappa shape index (κ2) is 6.22. The highest BCUT2D eigenvalue weighted by Gasteiger charge is 2.34. The monoisotopic (exact) mass is 316 g/mol. The molecule has 5 heteroatoms. The van der Waals surface area contributed by atoms with Gasteiger partial charge in [-0.1, -0.05) is 6.07 Å². The Labute approximate surface area is 137 Å². The largest absolute Gasteiger partial charge is 0.493 e. The molecule has 1 aliphatic heterocycles. The Bertz CT molecular complexity index is 623. The third kappa shape index (κ3) is 3.19. The van der Waals surface area contributed by atoms with Gasteiger partial charge in [0.05, 0.1) is 13.2 Å². The summed E-state index contributed by atoms with van der Waals surface area (Å²) in [5.74, 6) is 1.52. The number of hydrogen-bond acceptors (Lipinski definition) is 4. The molecule has 0 aromatic heterocycles. The van der Waals surface area contributed by atoms with Gasteiger partial charge < -0.3 is 9.47 Å². The first-order valence-corrected chi connectivity index (χ1v) is 8.19. The van der Waals surface area contributed by atoms with Crippen LogP contribution in [0.1, 0.15) is 44.6 Å². The summed E-state index contributed by atoms with van der Waals surface area (Å²) < 4.78 is 11.6. The second-order valence-corrected chi connectivity index (χ2v) is 6.65. The van der Waals surface area contributed by atoms with Crippen LogP contribution in [0.5, 0.6) is 11.5 Å². The lowest BCUT2D eigenvalue weighted by Gasteiger charge is -2.31. The molecule has 1 saturated carbocycles. The maximum Gasteiger partial charge on any atom is 0.243 e. The Hall–Kier alpha value is -2.04. The van der Waals surface area contributed by atoms with Crippen LogP contribution in [-0.2, 0) is 10.2 Å². The van der Waals surface area contributed by atoms with Gasteiger partial charge >= 0.3 is 0 Å². The fourth-order valence-corrected chi connectivity index (χ4v) is 3.24. The summed E-state index contributed by atoms with van der Waals surface area (Å²) in [6.45, 7) is 2.03. The van der Waals surface area contributed by atoms with E-state index in [1.807, 2.05) is 31.3 Å². The second-order valence-electron chi connectivity index (χ2n) is 6.65. The molecule has 1 fully saturated rings. The highest BCUT2D eigenvalue weighted by Crippen LogP contribution is 2.37. The number of ether oxygens (including phenoxy) is 2. The minimum Gasteiger partial charge on any atom is -0.493 e. The Kier molecular flexibility index (Phi) is 4.28. The van der Waals surface area contributed by atoms with E-state index in [4.69, 9.17) is 9.47 Å². The highest BCUT2D eigenvalue weighted by molar-refractivity contribution is 5.89. The minimum atomic E-state index is -0.413. The molecule has 1 atom stereocenters. The van der Waals surface area contributed by atoms with Crippen LogP contribution in [0.15, 0.2) is 23.3 Å². The Morgan fingerprint density at radius 2 is 2.00 bits per heavy atom. The first-order chi connectivity index (χ1) is 11.0. The van der Waals surface area contributed by atoms with E-state index in [0.29, 0.717) is 6.42 Å². The predicted molar refractivity (Wildman–Crippen MR) is 89.1 cm³/mol. The molecule has 1 amide bonds. The Morgan fingerprint density at radius 3 is 2.65 bits per heavy atom. The van der Waals surface area contributed by atoms with Crippen molar-refractivity contribution >= 4 is 12.1 Å². The third-order valence-corrected chi connectivity index (χ3v) is 4.81. The quantitative estimate of drug-likeness (QED) is 0.857. The molecule has 2 aliphatic rings. The zero-order valence-electron chi connectivity index (χ0n) is 14.0. The molecular weight excluding hydrogens is 292 g/mol. The molecule has 0 radical (unpaired) electrons. The van der Waals surface area contributed by atoms with E-state index in [-0.39, 0.29) is 12.0 Å². The highest BCUT2D eigenvalue weighted by atomic mass is 16.5. The van der Waals surface area contributed by atoms with E-state index in [1.54, 1.807) is 14.2 Å². The molecule has 5 nitrogen and oxygen atoms in total. The number of carbonyl (C=O) groups is 1. The fraction of sp³-hybridized carbons (Fsp3) is 0.556. The van der Waals surface area contributed by atoms with Gasteiger partial charge in [0, 0.05) is 25.1 Å². The first-order valence-electron chi connectivity index (χ1n) is 8.19. The van der Waals surface area contributed by atoms with E-state index >= 15 is 0 Å². The summed E-state index contributed by atoms with van der Waals surface area (Å²) >= 11 is 0. The van der Waals surface area contributed by atoms with Crippen LogP contribution in [0.25, 0.3) is 0 Å². The third-order valence-electron chi connectivity index (χ3n) is 4.81. The minimum absolute atomic E-state index is 0.0177. The molecule has 124 valence electrons. The average Bonchev–Trinajstić information content (AvgIpc) is 3.04. The van der Waals surface area contributed by atoms with Crippen molar-refractivity contribution in [3.63, 3.8) is 0 Å². The zero-order chi connectivity index (χ0) is 16.4. The van der Waals surface area contributed by atoms with Crippen molar-refractivity contribution in [3.05, 3.63) is 23.8 Å². The van der Waals surface area contributed by atoms with Crippen molar-refractivity contribution in [2.45, 2.75) is 50.5 Å². The van der Waals surface area contributed by atoms with Crippen LogP contribution >= 0.6 is 0 Å². The van der Waals surface area contributed by atoms with Crippen LogP contribution < -0.4 is 9.47 Å². The molecule has 0 spiro atoms. The van der Waals surface area contributed by atoms with Crippen molar-refractivity contribution < 1.29 is 14.3 Å². The van der Waals surface area contributed by atoms with E-state index in [1.165, 1.54) is 17.9 Å². The van der Waals surface area contributed by atoms with Gasteiger partial charge in [-0.05, 0) is 50.3 Å². The Balaban J connectivity index is 1.90. The van der Waals surface area contributed by atoms with E-state index < -0.39 is 5.41 Å². The molecule has 1 aromatic rings. The fourth-order valence-electron chi connectivity index (χ4n) is 3.24. The molecule has 0 bridgehead atoms. The van der Waals surface area contributed by atoms with E-state index in [2.05, 4.69) is 5.10 Å². The van der Waals surface area contributed by atoms with Crippen LogP contribution in [0.4, 0.5) is 0 Å². The Morgan fingerprint density at radius 1 is 1.26 bits per heavy atom. The summed E-state index contributed by atoms with van der Waals surface area (Å²) in [4.78, 5) is 12.0. The maximum absolute atomic E-state index is 12.0. The first kappa shape index (κ1) is 15.8. The normalized spacial score (nSPS) is 25.0. The smallest absolute Gasteiger partial charge is 0.243 e. The SMILES string of the molecule is COc1ccc(C2(C)C=NN(C)C(=O)C2)cc1OC1CCCC1. The number of amides is 1. The van der Waals surface area contributed by atoms with Crippen LogP contribution in [0, 0.1) is 0 Å². The molecule has 3 rings (SSSR count). The van der Waals surface area contributed by atoms with E-state index in [0.717, 1.165) is 29.9 Å². The van der Waals surface area contributed by atoms with Gasteiger partial charge in [-0.15, -0.1) is 0 Å². The van der Waals surface area contributed by atoms with Crippen molar-refractivity contribution in [2.24, 2.45) is 5.10 Å². The van der Waals surface area contributed by atoms with Crippen LogP contribution in [-0.4, -0.2) is 37.4 Å². The lowest BCUT2D eigenvalue weighted by molar-refractivity contribution is -0.131.